The first-order valence-corrected chi connectivity index (χ1v) is 9.31. The Morgan fingerprint density at radius 2 is 2.08 bits per heavy atom. The van der Waals surface area contributed by atoms with E-state index in [1.807, 2.05) is 42.5 Å². The number of halogens is 1. The number of rotatable bonds is 2. The Labute approximate surface area is 162 Å². The van der Waals surface area contributed by atoms with Gasteiger partial charge in [-0.15, -0.1) is 0 Å². The Morgan fingerprint density at radius 1 is 1.35 bits per heavy atom. The highest BCUT2D eigenvalue weighted by Gasteiger charge is 2.55. The van der Waals surface area contributed by atoms with Gasteiger partial charge >= 0.3 is 0 Å². The van der Waals surface area contributed by atoms with E-state index in [1.54, 1.807) is 7.11 Å². The van der Waals surface area contributed by atoms with Crippen molar-refractivity contribution in [2.24, 2.45) is 11.7 Å². The Balaban J connectivity index is 1.82. The van der Waals surface area contributed by atoms with Crippen LogP contribution in [0.15, 0.2) is 42.5 Å². The molecule has 1 saturated heterocycles. The molecule has 4 rings (SSSR count). The standard InChI is InChI=1S/C19H19ClN3O2S/c1-25-14-7-9-15-12(10-14)4-8-16-17(11-2-5-13(20)6-3-11)22-23(18(21)26)19(15,16)24/h2-3,5-7,9-10,16-17,22H,4,8H2,1H3,(H2,21,26)/q-1/p+1. The molecule has 0 bridgehead atoms. The van der Waals surface area contributed by atoms with Gasteiger partial charge in [0, 0.05) is 28.7 Å². The Kier molecular flexibility index (Phi) is 4.41. The van der Waals surface area contributed by atoms with Gasteiger partial charge in [-0.25, -0.2) is 5.01 Å². The molecule has 0 radical (unpaired) electrons. The molecule has 4 atom stereocenters. The van der Waals surface area contributed by atoms with Gasteiger partial charge in [0.05, 0.1) is 18.9 Å². The first kappa shape index (κ1) is 17.7. The second-order valence-corrected chi connectivity index (χ2v) is 7.69. The molecule has 1 aliphatic carbocycles. The molecule has 0 spiro atoms. The van der Waals surface area contributed by atoms with Gasteiger partial charge in [-0.3, -0.25) is 0 Å². The number of benzene rings is 2. The van der Waals surface area contributed by atoms with Crippen molar-refractivity contribution in [3.8, 4) is 5.75 Å². The number of nitrogens with one attached hydrogen (secondary N) is 2. The fourth-order valence-electron chi connectivity index (χ4n) is 4.30. The summed E-state index contributed by atoms with van der Waals surface area (Å²) >= 11 is 11.2. The van der Waals surface area contributed by atoms with E-state index in [9.17, 15) is 5.11 Å². The summed E-state index contributed by atoms with van der Waals surface area (Å²) < 4.78 is 5.31. The second-order valence-electron chi connectivity index (χ2n) is 6.82. The average Bonchev–Trinajstić information content (AvgIpc) is 2.95. The van der Waals surface area contributed by atoms with Crippen molar-refractivity contribution in [3.05, 3.63) is 64.2 Å². The number of ether oxygens (including phenoxy) is 1. The normalized spacial score (nSPS) is 29.7. The van der Waals surface area contributed by atoms with Crippen molar-refractivity contribution in [1.29, 1.82) is 0 Å². The van der Waals surface area contributed by atoms with E-state index in [4.69, 9.17) is 34.3 Å². The predicted octanol–water partition coefficient (Wildman–Crippen LogP) is 0.812. The molecule has 1 aliphatic heterocycles. The van der Waals surface area contributed by atoms with Gasteiger partial charge in [0.2, 0.25) is 0 Å². The van der Waals surface area contributed by atoms with Gasteiger partial charge in [0.25, 0.3) is 5.11 Å². The van der Waals surface area contributed by atoms with Crippen molar-refractivity contribution in [3.63, 3.8) is 0 Å². The summed E-state index contributed by atoms with van der Waals surface area (Å²) in [4.78, 5) is 0. The molecule has 2 aromatic rings. The third-order valence-electron chi connectivity index (χ3n) is 5.51. The van der Waals surface area contributed by atoms with Gasteiger partial charge in [0.1, 0.15) is 5.75 Å². The van der Waals surface area contributed by atoms with E-state index >= 15 is 0 Å². The summed E-state index contributed by atoms with van der Waals surface area (Å²) in [5.41, 5.74) is 10.6. The van der Waals surface area contributed by atoms with Crippen molar-refractivity contribution < 1.29 is 14.9 Å². The number of aryl methyl sites for hydroxylation is 1. The molecule has 4 unspecified atom stereocenters. The van der Waals surface area contributed by atoms with Crippen LogP contribution in [0.25, 0.3) is 0 Å². The Morgan fingerprint density at radius 3 is 2.73 bits per heavy atom. The minimum atomic E-state index is -1.48. The fraction of sp³-hybridized carbons (Fsp3) is 0.316. The lowest BCUT2D eigenvalue weighted by molar-refractivity contribution is -0.998. The third-order valence-corrected chi connectivity index (χ3v) is 5.96. The van der Waals surface area contributed by atoms with E-state index in [0.29, 0.717) is 10.0 Å². The third kappa shape index (κ3) is 2.61. The SMILES string of the molecule is COc1ccc2c(c1)CCC1C(c3ccc(Cl)cc3)N[NH+](C(N)=S)C21[O-]. The quantitative estimate of drug-likeness (QED) is 0.663. The summed E-state index contributed by atoms with van der Waals surface area (Å²) in [6.45, 7) is 0. The van der Waals surface area contributed by atoms with Gasteiger partial charge in [-0.2, -0.15) is 5.43 Å². The van der Waals surface area contributed by atoms with Crippen molar-refractivity contribution in [1.82, 2.24) is 5.43 Å². The fourth-order valence-corrected chi connectivity index (χ4v) is 4.64. The van der Waals surface area contributed by atoms with Crippen LogP contribution in [0.4, 0.5) is 0 Å². The smallest absolute Gasteiger partial charge is 0.284 e. The first-order chi connectivity index (χ1) is 12.4. The van der Waals surface area contributed by atoms with Crippen LogP contribution >= 0.6 is 23.8 Å². The average molecular weight is 390 g/mol. The van der Waals surface area contributed by atoms with Crippen LogP contribution in [0.3, 0.4) is 0 Å². The summed E-state index contributed by atoms with van der Waals surface area (Å²) in [5.74, 6) is 0.573. The maximum atomic E-state index is 14.2. The van der Waals surface area contributed by atoms with Gasteiger partial charge in [0.15, 0.2) is 0 Å². The highest BCUT2D eigenvalue weighted by molar-refractivity contribution is 7.79. The molecule has 5 nitrogen and oxygen atoms in total. The Hall–Kier alpha value is -1.70. The van der Waals surface area contributed by atoms with Crippen LogP contribution in [0.2, 0.25) is 5.02 Å². The lowest BCUT2D eigenvalue weighted by atomic mass is 9.73. The van der Waals surface area contributed by atoms with Crippen LogP contribution < -0.4 is 26.0 Å². The zero-order chi connectivity index (χ0) is 18.5. The predicted molar refractivity (Wildman–Crippen MR) is 102 cm³/mol. The minimum Gasteiger partial charge on any atom is -0.798 e. The lowest BCUT2D eigenvalue weighted by Gasteiger charge is -2.46. The topological polar surface area (TPSA) is 74.8 Å². The number of nitrogens with two attached hydrogens (primary N) is 1. The van der Waals surface area contributed by atoms with E-state index in [2.05, 4.69) is 5.43 Å². The monoisotopic (exact) mass is 389 g/mol. The number of hydrogen-bond acceptors (Lipinski definition) is 4. The highest BCUT2D eigenvalue weighted by Crippen LogP contribution is 2.44. The number of thiocarbonyl (C=S) groups is 1. The van der Waals surface area contributed by atoms with Gasteiger partial charge in [-0.05, 0) is 48.2 Å². The zero-order valence-corrected chi connectivity index (χ0v) is 15.9. The molecule has 2 aliphatic rings. The van der Waals surface area contributed by atoms with Crippen molar-refractivity contribution >= 4 is 28.9 Å². The molecular weight excluding hydrogens is 370 g/mol. The van der Waals surface area contributed by atoms with Crippen LogP contribution in [0.1, 0.15) is 29.2 Å². The van der Waals surface area contributed by atoms with Crippen LogP contribution in [-0.4, -0.2) is 12.2 Å². The van der Waals surface area contributed by atoms with E-state index in [-0.39, 0.29) is 17.1 Å². The van der Waals surface area contributed by atoms with E-state index in [0.717, 1.165) is 35.3 Å². The van der Waals surface area contributed by atoms with E-state index in [1.165, 1.54) is 0 Å². The first-order valence-electron chi connectivity index (χ1n) is 8.52. The maximum Gasteiger partial charge on any atom is 0.284 e. The molecule has 4 N–H and O–H groups in total. The molecule has 136 valence electrons. The van der Waals surface area contributed by atoms with Gasteiger partial charge < -0.3 is 15.6 Å². The largest absolute Gasteiger partial charge is 0.798 e. The number of methoxy groups -OCH3 is 1. The molecule has 0 amide bonds. The van der Waals surface area contributed by atoms with Crippen LogP contribution in [-0.2, 0) is 12.1 Å². The van der Waals surface area contributed by atoms with Crippen LogP contribution in [0.5, 0.6) is 5.75 Å². The molecular formula is C19H20ClN3O2S. The van der Waals surface area contributed by atoms with Crippen LogP contribution in [0, 0.1) is 5.92 Å². The molecule has 2 aromatic carbocycles. The summed E-state index contributed by atoms with van der Waals surface area (Å²) in [6, 6.07) is 13.1. The van der Waals surface area contributed by atoms with E-state index < -0.39 is 5.72 Å². The molecule has 0 aromatic heterocycles. The Bertz CT molecular complexity index is 860. The molecule has 1 fully saturated rings. The number of fused-ring (bicyclic) bond motifs is 3. The number of quaternary nitrogens is 1. The summed E-state index contributed by atoms with van der Waals surface area (Å²) in [7, 11) is 1.63. The molecule has 0 saturated carbocycles. The summed E-state index contributed by atoms with van der Waals surface area (Å²) in [6.07, 6.45) is 1.56. The number of hydrogen-bond donors (Lipinski definition) is 3. The highest BCUT2D eigenvalue weighted by atomic mass is 35.5. The van der Waals surface area contributed by atoms with Crippen molar-refractivity contribution in [2.75, 3.05) is 7.11 Å². The molecule has 7 heteroatoms. The zero-order valence-electron chi connectivity index (χ0n) is 14.3. The molecule has 1 heterocycles. The van der Waals surface area contributed by atoms with Crippen molar-refractivity contribution in [2.45, 2.75) is 24.6 Å². The minimum absolute atomic E-state index is 0.130. The summed E-state index contributed by atoms with van der Waals surface area (Å²) in [5, 5.41) is 15.4. The molecule has 26 heavy (non-hydrogen) atoms. The lowest BCUT2D eigenvalue weighted by Crippen LogP contribution is -3.27. The maximum absolute atomic E-state index is 14.2. The second kappa shape index (κ2) is 6.48. The van der Waals surface area contributed by atoms with Gasteiger partial charge in [-0.1, -0.05) is 29.8 Å².